The van der Waals surface area contributed by atoms with E-state index in [2.05, 4.69) is 197 Å². The quantitative estimate of drug-likeness (QED) is 0.179. The van der Waals surface area contributed by atoms with Gasteiger partial charge in [-0.25, -0.2) is 0 Å². The zero-order chi connectivity index (χ0) is 36.0. The summed E-state index contributed by atoms with van der Waals surface area (Å²) in [5, 5.41) is 7.34. The molecule has 0 spiro atoms. The molecule has 0 fully saturated rings. The van der Waals surface area contributed by atoms with E-state index in [0.717, 1.165) is 33.8 Å². The van der Waals surface area contributed by atoms with E-state index in [9.17, 15) is 0 Å². The SMILES string of the molecule is c1ccc(-c2ccc3c4ccccc4n(-c4ccc(-c5ccc6c(c5)c5c7cccc8c7c(cc5n6-c5ccccc5)-c5ccccc5O8)cc4)c3c2)cc1. The smallest absolute Gasteiger partial charge is 0.135 e. The molecule has 11 aromatic rings. The van der Waals surface area contributed by atoms with Gasteiger partial charge >= 0.3 is 0 Å². The second-order valence-corrected chi connectivity index (χ2v) is 14.5. The van der Waals surface area contributed by atoms with E-state index in [1.54, 1.807) is 0 Å². The fraction of sp³-hybridized carbons (Fsp3) is 0. The molecule has 0 unspecified atom stereocenters. The maximum absolute atomic E-state index is 6.51. The van der Waals surface area contributed by atoms with Gasteiger partial charge < -0.3 is 13.9 Å². The Morgan fingerprint density at radius 2 is 0.891 bits per heavy atom. The molecule has 0 saturated carbocycles. The molecular formula is C52H32N2O. The first kappa shape index (κ1) is 30.1. The fourth-order valence-corrected chi connectivity index (χ4v) is 9.05. The normalized spacial score (nSPS) is 12.1. The average Bonchev–Trinajstić information content (AvgIpc) is 3.76. The average molecular weight is 701 g/mol. The van der Waals surface area contributed by atoms with Crippen molar-refractivity contribution < 1.29 is 4.74 Å². The number of ether oxygens (including phenoxy) is 1. The van der Waals surface area contributed by atoms with Gasteiger partial charge in [0, 0.05) is 43.9 Å². The molecule has 0 aliphatic carbocycles. The lowest BCUT2D eigenvalue weighted by Gasteiger charge is -2.22. The second-order valence-electron chi connectivity index (χ2n) is 14.5. The molecule has 0 saturated heterocycles. The summed E-state index contributed by atoms with van der Waals surface area (Å²) < 4.78 is 11.3. The molecule has 9 aromatic carbocycles. The number of nitrogens with zero attached hydrogens (tertiary/aromatic N) is 2. The van der Waals surface area contributed by atoms with E-state index in [4.69, 9.17) is 4.74 Å². The van der Waals surface area contributed by atoms with Gasteiger partial charge in [-0.15, -0.1) is 0 Å². The summed E-state index contributed by atoms with van der Waals surface area (Å²) in [6, 6.07) is 70.2. The number of aromatic nitrogens is 2. The molecule has 0 bridgehead atoms. The highest BCUT2D eigenvalue weighted by Gasteiger charge is 2.25. The first-order valence-corrected chi connectivity index (χ1v) is 18.8. The molecule has 1 aliphatic rings. The van der Waals surface area contributed by atoms with E-state index in [-0.39, 0.29) is 0 Å². The Morgan fingerprint density at radius 3 is 1.76 bits per heavy atom. The zero-order valence-electron chi connectivity index (χ0n) is 29.8. The van der Waals surface area contributed by atoms with Crippen molar-refractivity contribution in [1.82, 2.24) is 9.13 Å². The second kappa shape index (κ2) is 11.6. The molecular weight excluding hydrogens is 669 g/mol. The van der Waals surface area contributed by atoms with Gasteiger partial charge in [0.1, 0.15) is 11.5 Å². The van der Waals surface area contributed by atoms with Gasteiger partial charge in [-0.05, 0) is 99.9 Å². The van der Waals surface area contributed by atoms with Crippen LogP contribution in [0.3, 0.4) is 0 Å². The standard InChI is InChI=1S/C52H32N2O/c1-3-12-33(13-4-1)36-24-28-40-39-16-7-9-19-45(39)53(47(40)31-36)38-26-22-34(23-27-38)35-25-29-46-44(30-35)51-42-18-11-21-50-52(42)43(41-17-8-10-20-49(41)55-50)32-48(51)54(46)37-14-5-2-6-15-37/h1-32H. The van der Waals surface area contributed by atoms with Crippen molar-refractivity contribution in [1.29, 1.82) is 0 Å². The molecule has 256 valence electrons. The first-order chi connectivity index (χ1) is 27.3. The molecule has 3 nitrogen and oxygen atoms in total. The summed E-state index contributed by atoms with van der Waals surface area (Å²) in [6.45, 7) is 0. The molecule has 12 rings (SSSR count). The third kappa shape index (κ3) is 4.44. The predicted octanol–water partition coefficient (Wildman–Crippen LogP) is 14.1. The predicted molar refractivity (Wildman–Crippen MR) is 229 cm³/mol. The van der Waals surface area contributed by atoms with E-state index in [1.807, 2.05) is 6.07 Å². The Kier molecular flexibility index (Phi) is 6.34. The lowest BCUT2D eigenvalue weighted by molar-refractivity contribution is 0.487. The van der Waals surface area contributed by atoms with Gasteiger partial charge in [0.05, 0.1) is 22.1 Å². The van der Waals surface area contributed by atoms with E-state index in [0.29, 0.717) is 0 Å². The number of hydrogen-bond donors (Lipinski definition) is 0. The van der Waals surface area contributed by atoms with Gasteiger partial charge in [-0.1, -0.05) is 127 Å². The third-order valence-corrected chi connectivity index (χ3v) is 11.5. The van der Waals surface area contributed by atoms with Crippen molar-refractivity contribution in [3.63, 3.8) is 0 Å². The molecule has 0 radical (unpaired) electrons. The van der Waals surface area contributed by atoms with Gasteiger partial charge in [-0.2, -0.15) is 0 Å². The number of benzene rings is 9. The minimum Gasteiger partial charge on any atom is -0.456 e. The van der Waals surface area contributed by atoms with Crippen LogP contribution in [0.2, 0.25) is 0 Å². The highest BCUT2D eigenvalue weighted by molar-refractivity contribution is 6.26. The number of rotatable bonds is 4. The van der Waals surface area contributed by atoms with Crippen LogP contribution in [0.5, 0.6) is 11.5 Å². The summed E-state index contributed by atoms with van der Waals surface area (Å²) in [6.07, 6.45) is 0. The van der Waals surface area contributed by atoms with Crippen LogP contribution < -0.4 is 4.74 Å². The Bertz CT molecular complexity index is 3320. The van der Waals surface area contributed by atoms with Crippen LogP contribution in [0.15, 0.2) is 194 Å². The molecule has 0 amide bonds. The molecule has 1 aliphatic heterocycles. The number of fused-ring (bicyclic) bond motifs is 9. The van der Waals surface area contributed by atoms with Gasteiger partial charge in [0.2, 0.25) is 0 Å². The molecule has 0 atom stereocenters. The molecule has 0 N–H and O–H groups in total. The Balaban J connectivity index is 1.05. The number of hydrogen-bond acceptors (Lipinski definition) is 1. The summed E-state index contributed by atoms with van der Waals surface area (Å²) in [5.74, 6) is 1.80. The molecule has 2 aromatic heterocycles. The Hall–Kier alpha value is -7.36. The van der Waals surface area contributed by atoms with Crippen molar-refractivity contribution in [2.24, 2.45) is 0 Å². The van der Waals surface area contributed by atoms with Crippen molar-refractivity contribution in [2.45, 2.75) is 0 Å². The molecule has 55 heavy (non-hydrogen) atoms. The molecule has 3 heterocycles. The van der Waals surface area contributed by atoms with E-state index < -0.39 is 0 Å². The first-order valence-electron chi connectivity index (χ1n) is 18.8. The Morgan fingerprint density at radius 1 is 0.291 bits per heavy atom. The fourth-order valence-electron chi connectivity index (χ4n) is 9.05. The minimum atomic E-state index is 0.896. The van der Waals surface area contributed by atoms with Gasteiger partial charge in [-0.3, -0.25) is 0 Å². The topological polar surface area (TPSA) is 19.1 Å². The van der Waals surface area contributed by atoms with Crippen molar-refractivity contribution in [2.75, 3.05) is 0 Å². The maximum atomic E-state index is 6.51. The lowest BCUT2D eigenvalue weighted by Crippen LogP contribution is -1.98. The zero-order valence-corrected chi connectivity index (χ0v) is 29.8. The number of para-hydroxylation sites is 3. The van der Waals surface area contributed by atoms with Gasteiger partial charge in [0.25, 0.3) is 0 Å². The van der Waals surface area contributed by atoms with Crippen LogP contribution in [0, 0.1) is 0 Å². The highest BCUT2D eigenvalue weighted by Crippen LogP contribution is 2.50. The van der Waals surface area contributed by atoms with Crippen molar-refractivity contribution in [3.8, 4) is 56.3 Å². The van der Waals surface area contributed by atoms with E-state index >= 15 is 0 Å². The van der Waals surface area contributed by atoms with Crippen molar-refractivity contribution in [3.05, 3.63) is 194 Å². The monoisotopic (exact) mass is 700 g/mol. The third-order valence-electron chi connectivity index (χ3n) is 11.5. The van der Waals surface area contributed by atoms with Gasteiger partial charge in [0.15, 0.2) is 0 Å². The van der Waals surface area contributed by atoms with Crippen LogP contribution in [-0.2, 0) is 0 Å². The summed E-state index contributed by atoms with van der Waals surface area (Å²) in [7, 11) is 0. The molecule has 3 heteroatoms. The van der Waals surface area contributed by atoms with Crippen LogP contribution in [0.1, 0.15) is 0 Å². The minimum absolute atomic E-state index is 0.896. The highest BCUT2D eigenvalue weighted by atomic mass is 16.5. The maximum Gasteiger partial charge on any atom is 0.135 e. The summed E-state index contributed by atoms with van der Waals surface area (Å²) in [4.78, 5) is 0. The van der Waals surface area contributed by atoms with Crippen molar-refractivity contribution >= 4 is 54.4 Å². The van der Waals surface area contributed by atoms with Crippen LogP contribution in [0.25, 0.3) is 99.1 Å². The van der Waals surface area contributed by atoms with Crippen LogP contribution in [0.4, 0.5) is 0 Å². The summed E-state index contributed by atoms with van der Waals surface area (Å²) in [5.41, 5.74) is 14.2. The Labute approximate surface area is 317 Å². The van der Waals surface area contributed by atoms with Crippen LogP contribution in [-0.4, -0.2) is 9.13 Å². The van der Waals surface area contributed by atoms with Crippen LogP contribution >= 0.6 is 0 Å². The summed E-state index contributed by atoms with van der Waals surface area (Å²) >= 11 is 0. The van der Waals surface area contributed by atoms with E-state index in [1.165, 1.54) is 76.8 Å². The lowest BCUT2D eigenvalue weighted by atomic mass is 9.91. The largest absolute Gasteiger partial charge is 0.456 e.